The number of rotatable bonds is 5. The Morgan fingerprint density at radius 1 is 1.26 bits per heavy atom. The molecule has 0 unspecified atom stereocenters. The molecule has 162 valence electrons. The van der Waals surface area contributed by atoms with Crippen molar-refractivity contribution in [2.24, 2.45) is 0 Å². The second kappa shape index (κ2) is 7.84. The fourth-order valence-corrected chi connectivity index (χ4v) is 3.89. The van der Waals surface area contributed by atoms with Crippen molar-refractivity contribution in [2.75, 3.05) is 25.4 Å². The van der Waals surface area contributed by atoms with Gasteiger partial charge in [-0.15, -0.1) is 0 Å². The van der Waals surface area contributed by atoms with Gasteiger partial charge in [-0.2, -0.15) is 0 Å². The van der Waals surface area contributed by atoms with Gasteiger partial charge in [0.25, 0.3) is 5.91 Å². The lowest BCUT2D eigenvalue weighted by Gasteiger charge is -2.43. The number of nitrogens with zero attached hydrogens (tertiary/aromatic N) is 5. The molecule has 1 fully saturated rings. The summed E-state index contributed by atoms with van der Waals surface area (Å²) in [5.41, 5.74) is 6.06. The van der Waals surface area contributed by atoms with Crippen molar-refractivity contribution >= 4 is 28.9 Å². The van der Waals surface area contributed by atoms with Gasteiger partial charge in [0.1, 0.15) is 23.2 Å². The molecule has 3 heterocycles. The molecule has 1 aromatic carbocycles. The van der Waals surface area contributed by atoms with Gasteiger partial charge in [-0.05, 0) is 37.6 Å². The molecule has 2 aromatic heterocycles. The number of hydrogen-bond donors (Lipinski definition) is 3. The smallest absolute Gasteiger partial charge is 0.341 e. The Morgan fingerprint density at radius 2 is 2.00 bits per heavy atom. The second-order valence-corrected chi connectivity index (χ2v) is 7.68. The number of imidazole rings is 1. The number of carboxylic acids is 1. The number of likely N-dealkylation sites (tertiary alicyclic amines) is 1. The molecule has 11 nitrogen and oxygen atoms in total. The number of piperidine rings is 1. The van der Waals surface area contributed by atoms with Crippen LogP contribution < -0.4 is 10.5 Å². The minimum Gasteiger partial charge on any atom is -0.482 e. The zero-order valence-corrected chi connectivity index (χ0v) is 16.8. The lowest BCUT2D eigenvalue weighted by atomic mass is 9.88. The van der Waals surface area contributed by atoms with E-state index in [-0.39, 0.29) is 24.3 Å². The third kappa shape index (κ3) is 3.99. The van der Waals surface area contributed by atoms with Crippen molar-refractivity contribution in [1.29, 1.82) is 0 Å². The minimum absolute atomic E-state index is 0.119. The molecule has 4 rings (SSSR count). The van der Waals surface area contributed by atoms with Crippen LogP contribution in [-0.4, -0.2) is 71.8 Å². The Bertz CT molecular complexity index is 1130. The van der Waals surface area contributed by atoms with Crippen molar-refractivity contribution in [3.8, 4) is 5.75 Å². The van der Waals surface area contributed by atoms with Crippen molar-refractivity contribution in [3.63, 3.8) is 0 Å². The van der Waals surface area contributed by atoms with Crippen LogP contribution in [0.1, 0.15) is 29.7 Å². The Morgan fingerprint density at radius 3 is 2.68 bits per heavy atom. The van der Waals surface area contributed by atoms with E-state index in [1.54, 1.807) is 47.0 Å². The number of aliphatic hydroxyl groups is 1. The van der Waals surface area contributed by atoms with Crippen molar-refractivity contribution in [3.05, 3.63) is 42.5 Å². The normalized spacial score (nSPS) is 21.2. The lowest BCUT2D eigenvalue weighted by molar-refractivity contribution is -0.139. The van der Waals surface area contributed by atoms with E-state index in [0.29, 0.717) is 35.4 Å². The van der Waals surface area contributed by atoms with Crippen LogP contribution in [0.4, 0.5) is 5.82 Å². The Hall–Kier alpha value is -3.73. The molecule has 4 N–H and O–H groups in total. The number of aliphatic carboxylic acids is 1. The highest BCUT2D eigenvalue weighted by Gasteiger charge is 2.41. The fourth-order valence-electron chi connectivity index (χ4n) is 3.89. The van der Waals surface area contributed by atoms with Gasteiger partial charge in [-0.1, -0.05) is 0 Å². The first-order valence-corrected chi connectivity index (χ1v) is 9.65. The number of carboxylic acid groups (broad SMARTS) is 1. The minimum atomic E-state index is -1.23. The van der Waals surface area contributed by atoms with Crippen LogP contribution in [0.15, 0.2) is 36.9 Å². The summed E-state index contributed by atoms with van der Waals surface area (Å²) in [6.45, 7) is 1.77. The van der Waals surface area contributed by atoms with E-state index < -0.39 is 18.2 Å². The number of β-amino-alcohol motifs (C(OH)–C–C–N with tert-alkyl or cyclic N) is 1. The highest BCUT2D eigenvalue weighted by atomic mass is 16.5. The molecular weight excluding hydrogens is 404 g/mol. The number of anilines is 1. The van der Waals surface area contributed by atoms with Gasteiger partial charge in [0, 0.05) is 12.1 Å². The fraction of sp³-hybridized carbons (Fsp3) is 0.350. The van der Waals surface area contributed by atoms with Gasteiger partial charge in [0.05, 0.1) is 18.9 Å². The van der Waals surface area contributed by atoms with Gasteiger partial charge in [0.2, 0.25) is 0 Å². The summed E-state index contributed by atoms with van der Waals surface area (Å²) in [6, 6.07) is 5.89. The number of fused-ring (bicyclic) bond motifs is 1. The summed E-state index contributed by atoms with van der Waals surface area (Å²) in [6.07, 6.45) is 3.43. The maximum Gasteiger partial charge on any atom is 0.341 e. The van der Waals surface area contributed by atoms with Gasteiger partial charge < -0.3 is 30.2 Å². The first kappa shape index (κ1) is 20.5. The predicted octanol–water partition coefficient (Wildman–Crippen LogP) is 0.710. The number of amides is 1. The average molecular weight is 426 g/mol. The molecule has 0 bridgehead atoms. The molecular formula is C20H22N6O5. The summed E-state index contributed by atoms with van der Waals surface area (Å²) in [5.74, 6) is -0.680. The van der Waals surface area contributed by atoms with Gasteiger partial charge in [-0.3, -0.25) is 4.79 Å². The van der Waals surface area contributed by atoms with E-state index in [9.17, 15) is 14.7 Å². The summed E-state index contributed by atoms with van der Waals surface area (Å²) >= 11 is 0. The number of nitrogen functional groups attached to an aromatic ring is 1. The molecule has 31 heavy (non-hydrogen) atoms. The molecule has 1 amide bonds. The van der Waals surface area contributed by atoms with E-state index in [2.05, 4.69) is 15.0 Å². The van der Waals surface area contributed by atoms with Crippen LogP contribution in [0.5, 0.6) is 5.75 Å². The molecule has 1 aliphatic rings. The zero-order chi connectivity index (χ0) is 22.2. The SMILES string of the molecule is C[C@@]1(O)CN(C(=O)c2ccc(OCC(=O)O)cc2)CC[C@H]1n1cnc2c(N)ncnc21. The maximum atomic E-state index is 12.9. The number of aromatic nitrogens is 4. The van der Waals surface area contributed by atoms with Crippen molar-refractivity contribution < 1.29 is 24.5 Å². The predicted molar refractivity (Wildman–Crippen MR) is 109 cm³/mol. The largest absolute Gasteiger partial charge is 0.482 e. The Kier molecular flexibility index (Phi) is 5.19. The van der Waals surface area contributed by atoms with Crippen LogP contribution in [0.25, 0.3) is 11.2 Å². The third-order valence-electron chi connectivity index (χ3n) is 5.37. The number of carbonyl (C=O) groups excluding carboxylic acids is 1. The molecule has 3 aromatic rings. The van der Waals surface area contributed by atoms with E-state index in [1.165, 1.54) is 6.33 Å². The summed E-state index contributed by atoms with van der Waals surface area (Å²) in [7, 11) is 0. The highest BCUT2D eigenvalue weighted by molar-refractivity contribution is 5.94. The van der Waals surface area contributed by atoms with Crippen LogP contribution in [0, 0.1) is 0 Å². The van der Waals surface area contributed by atoms with Crippen LogP contribution in [0.3, 0.4) is 0 Å². The van der Waals surface area contributed by atoms with Crippen molar-refractivity contribution in [1.82, 2.24) is 24.4 Å². The number of ether oxygens (including phenoxy) is 1. The molecule has 0 saturated carbocycles. The number of nitrogens with two attached hydrogens (primary N) is 1. The number of benzene rings is 1. The zero-order valence-electron chi connectivity index (χ0n) is 16.8. The average Bonchev–Trinajstić information content (AvgIpc) is 3.16. The quantitative estimate of drug-likeness (QED) is 0.534. The maximum absolute atomic E-state index is 12.9. The summed E-state index contributed by atoms with van der Waals surface area (Å²) in [5, 5.41) is 19.8. The van der Waals surface area contributed by atoms with E-state index in [4.69, 9.17) is 15.6 Å². The first-order valence-electron chi connectivity index (χ1n) is 9.65. The Labute approximate surface area is 177 Å². The van der Waals surface area contributed by atoms with Crippen LogP contribution in [0.2, 0.25) is 0 Å². The molecule has 0 aliphatic carbocycles. The van der Waals surface area contributed by atoms with Gasteiger partial charge in [-0.25, -0.2) is 19.7 Å². The molecule has 0 radical (unpaired) electrons. The standard InChI is InChI=1S/C20H22N6O5/c1-20(30)9-25(19(29)12-2-4-13(5-3-12)31-8-15(27)28)7-6-14(20)26-11-24-16-17(21)22-10-23-18(16)26/h2-5,10-11,14,30H,6-9H2,1H3,(H,27,28)(H2,21,22,23)/t14-,20-/m1/s1. The molecule has 1 saturated heterocycles. The number of hydrogen-bond acceptors (Lipinski definition) is 8. The van der Waals surface area contributed by atoms with Crippen molar-refractivity contribution in [2.45, 2.75) is 25.0 Å². The van der Waals surface area contributed by atoms with Crippen LogP contribution >= 0.6 is 0 Å². The Balaban J connectivity index is 1.49. The van der Waals surface area contributed by atoms with E-state index >= 15 is 0 Å². The summed E-state index contributed by atoms with van der Waals surface area (Å²) < 4.78 is 6.87. The third-order valence-corrected chi connectivity index (χ3v) is 5.37. The number of carbonyl (C=O) groups is 2. The topological polar surface area (TPSA) is 157 Å². The van der Waals surface area contributed by atoms with Gasteiger partial charge >= 0.3 is 5.97 Å². The van der Waals surface area contributed by atoms with Gasteiger partial charge in [0.15, 0.2) is 18.1 Å². The van der Waals surface area contributed by atoms with Crippen LogP contribution in [-0.2, 0) is 4.79 Å². The summed E-state index contributed by atoms with van der Waals surface area (Å²) in [4.78, 5) is 37.6. The molecule has 2 atom stereocenters. The monoisotopic (exact) mass is 426 g/mol. The molecule has 11 heteroatoms. The highest BCUT2D eigenvalue weighted by Crippen LogP contribution is 2.34. The molecule has 1 aliphatic heterocycles. The molecule has 0 spiro atoms. The second-order valence-electron chi connectivity index (χ2n) is 7.68. The van der Waals surface area contributed by atoms with E-state index in [1.807, 2.05) is 0 Å². The lowest BCUT2D eigenvalue weighted by Crippen LogP contribution is -2.54. The first-order chi connectivity index (χ1) is 14.8. The van der Waals surface area contributed by atoms with E-state index in [0.717, 1.165) is 0 Å².